The summed E-state index contributed by atoms with van der Waals surface area (Å²) in [5.41, 5.74) is 2.99. The van der Waals surface area contributed by atoms with Crippen molar-refractivity contribution in [2.24, 2.45) is 5.92 Å². The van der Waals surface area contributed by atoms with Crippen LogP contribution < -0.4 is 10.2 Å². The first kappa shape index (κ1) is 24.3. The van der Waals surface area contributed by atoms with Gasteiger partial charge in [0, 0.05) is 39.7 Å². The molecule has 5 nitrogen and oxygen atoms in total. The quantitative estimate of drug-likeness (QED) is 0.700. The molecule has 8 heteroatoms. The van der Waals surface area contributed by atoms with E-state index >= 15 is 0 Å². The molecule has 1 fully saturated rings. The van der Waals surface area contributed by atoms with Crippen LogP contribution in [0.25, 0.3) is 11.0 Å². The van der Waals surface area contributed by atoms with Gasteiger partial charge in [0.25, 0.3) is 0 Å². The maximum atomic E-state index is 6.52. The summed E-state index contributed by atoms with van der Waals surface area (Å²) in [6, 6.07) is 4.13. The summed E-state index contributed by atoms with van der Waals surface area (Å²) in [5, 5.41) is 4.15. The molecule has 3 rings (SSSR count). The largest absolute Gasteiger partial charge is 0.379 e. The number of rotatable bonds is 6. The fourth-order valence-corrected chi connectivity index (χ4v) is 3.92. The van der Waals surface area contributed by atoms with Gasteiger partial charge in [-0.3, -0.25) is 0 Å². The van der Waals surface area contributed by atoms with Gasteiger partial charge in [0.05, 0.1) is 27.3 Å². The number of piperazine rings is 1. The highest BCUT2D eigenvalue weighted by Gasteiger charge is 2.21. The standard InChI is InChI=1S/C19H29ClN4O.2ClH/c1-13(12-19(2,3)25-4)9-18-22-15-10-14(20)17(11-16(15)23-18)24-7-5-21-6-8-24;;/h10-11,13,21H,5-9,12H2,1-4H3,(H,22,23);2*1H. The average Bonchev–Trinajstić information content (AvgIpc) is 2.95. The second-order valence-corrected chi connectivity index (χ2v) is 8.13. The summed E-state index contributed by atoms with van der Waals surface area (Å²) in [6.07, 6.45) is 1.90. The number of benzene rings is 1. The number of methoxy groups -OCH3 is 1. The molecule has 0 spiro atoms. The molecule has 1 unspecified atom stereocenters. The molecule has 0 radical (unpaired) electrons. The van der Waals surface area contributed by atoms with Crippen molar-refractivity contribution in [3.05, 3.63) is 23.0 Å². The average molecular weight is 438 g/mol. The van der Waals surface area contributed by atoms with Crippen LogP contribution in [0.4, 0.5) is 5.69 Å². The number of aromatic amines is 1. The van der Waals surface area contributed by atoms with Crippen molar-refractivity contribution in [1.29, 1.82) is 0 Å². The molecule has 2 N–H and O–H groups in total. The lowest BCUT2D eigenvalue weighted by Crippen LogP contribution is -2.43. The van der Waals surface area contributed by atoms with E-state index in [0.29, 0.717) is 5.92 Å². The predicted molar refractivity (Wildman–Crippen MR) is 119 cm³/mol. The lowest BCUT2D eigenvalue weighted by Gasteiger charge is -2.30. The topological polar surface area (TPSA) is 53.2 Å². The number of fused-ring (bicyclic) bond motifs is 1. The van der Waals surface area contributed by atoms with E-state index in [4.69, 9.17) is 21.3 Å². The van der Waals surface area contributed by atoms with E-state index in [2.05, 4.69) is 42.0 Å². The summed E-state index contributed by atoms with van der Waals surface area (Å²) in [4.78, 5) is 10.6. The third kappa shape index (κ3) is 6.13. The van der Waals surface area contributed by atoms with Gasteiger partial charge < -0.3 is 19.9 Å². The number of hydrogen-bond acceptors (Lipinski definition) is 4. The van der Waals surface area contributed by atoms with E-state index < -0.39 is 0 Å². The first-order valence-electron chi connectivity index (χ1n) is 9.07. The van der Waals surface area contributed by atoms with Gasteiger partial charge in [-0.25, -0.2) is 4.98 Å². The Bertz CT molecular complexity index is 729. The molecule has 2 aromatic rings. The van der Waals surface area contributed by atoms with Crippen LogP contribution in [0.15, 0.2) is 12.1 Å². The van der Waals surface area contributed by atoms with Crippen molar-refractivity contribution in [3.63, 3.8) is 0 Å². The molecule has 1 aliphatic heterocycles. The van der Waals surface area contributed by atoms with Crippen molar-refractivity contribution >= 4 is 53.1 Å². The second kappa shape index (κ2) is 10.2. The number of aromatic nitrogens is 2. The van der Waals surface area contributed by atoms with Crippen molar-refractivity contribution in [1.82, 2.24) is 15.3 Å². The van der Waals surface area contributed by atoms with E-state index in [9.17, 15) is 0 Å². The Hall–Kier alpha value is -0.720. The Labute approximate surface area is 179 Å². The number of halogens is 3. The summed E-state index contributed by atoms with van der Waals surface area (Å²) in [7, 11) is 1.77. The van der Waals surface area contributed by atoms with Gasteiger partial charge in [-0.15, -0.1) is 24.8 Å². The molecule has 154 valence electrons. The maximum absolute atomic E-state index is 6.52. The lowest BCUT2D eigenvalue weighted by atomic mass is 9.92. The number of nitrogens with zero attached hydrogens (tertiary/aromatic N) is 2. The molecule has 2 heterocycles. The lowest BCUT2D eigenvalue weighted by molar-refractivity contribution is 0.00377. The summed E-state index contributed by atoms with van der Waals surface area (Å²) in [6.45, 7) is 10.5. The highest BCUT2D eigenvalue weighted by atomic mass is 35.5. The minimum absolute atomic E-state index is 0. The highest BCUT2D eigenvalue weighted by Crippen LogP contribution is 2.31. The van der Waals surface area contributed by atoms with Gasteiger partial charge in [0.2, 0.25) is 0 Å². The fraction of sp³-hybridized carbons (Fsp3) is 0.632. The normalized spacial score (nSPS) is 16.0. The van der Waals surface area contributed by atoms with Gasteiger partial charge in [-0.2, -0.15) is 0 Å². The van der Waals surface area contributed by atoms with Crippen LogP contribution in [0.3, 0.4) is 0 Å². The predicted octanol–water partition coefficient (Wildman–Crippen LogP) is 4.46. The zero-order valence-corrected chi connectivity index (χ0v) is 18.9. The third-order valence-corrected chi connectivity index (χ3v) is 5.29. The van der Waals surface area contributed by atoms with Gasteiger partial charge in [-0.05, 0) is 38.3 Å². The minimum atomic E-state index is -0.107. The van der Waals surface area contributed by atoms with Crippen LogP contribution in [0.2, 0.25) is 5.02 Å². The molecule has 1 atom stereocenters. The van der Waals surface area contributed by atoms with Gasteiger partial charge in [0.1, 0.15) is 5.82 Å². The number of H-pyrrole nitrogens is 1. The molecule has 27 heavy (non-hydrogen) atoms. The van der Waals surface area contributed by atoms with Crippen molar-refractivity contribution in [2.75, 3.05) is 38.2 Å². The van der Waals surface area contributed by atoms with E-state index in [1.807, 2.05) is 6.07 Å². The van der Waals surface area contributed by atoms with E-state index in [0.717, 1.165) is 66.6 Å². The van der Waals surface area contributed by atoms with E-state index in [1.54, 1.807) is 7.11 Å². The van der Waals surface area contributed by atoms with Crippen molar-refractivity contribution in [3.8, 4) is 0 Å². The number of nitrogens with one attached hydrogen (secondary N) is 2. The van der Waals surface area contributed by atoms with Crippen LogP contribution in [-0.2, 0) is 11.2 Å². The molecular weight excluding hydrogens is 407 g/mol. The number of ether oxygens (including phenoxy) is 1. The summed E-state index contributed by atoms with van der Waals surface area (Å²) < 4.78 is 5.54. The molecule has 1 aliphatic rings. The van der Waals surface area contributed by atoms with E-state index in [-0.39, 0.29) is 30.4 Å². The Balaban J connectivity index is 0.00000182. The third-order valence-electron chi connectivity index (χ3n) is 4.99. The molecule has 1 saturated heterocycles. The highest BCUT2D eigenvalue weighted by molar-refractivity contribution is 6.34. The molecule has 0 aliphatic carbocycles. The Kier molecular flexibility index (Phi) is 9.16. The molecule has 0 amide bonds. The van der Waals surface area contributed by atoms with Crippen LogP contribution >= 0.6 is 36.4 Å². The first-order valence-corrected chi connectivity index (χ1v) is 9.45. The zero-order valence-electron chi connectivity index (χ0n) is 16.5. The smallest absolute Gasteiger partial charge is 0.107 e. The minimum Gasteiger partial charge on any atom is -0.379 e. The maximum Gasteiger partial charge on any atom is 0.107 e. The second-order valence-electron chi connectivity index (χ2n) is 7.72. The molecular formula is C19H31Cl3N4O. The van der Waals surface area contributed by atoms with Crippen LogP contribution in [0.5, 0.6) is 0 Å². The van der Waals surface area contributed by atoms with Crippen molar-refractivity contribution < 1.29 is 4.74 Å². The first-order chi connectivity index (χ1) is 11.9. The Morgan fingerprint density at radius 3 is 2.56 bits per heavy atom. The summed E-state index contributed by atoms with van der Waals surface area (Å²) in [5.74, 6) is 1.50. The van der Waals surface area contributed by atoms with Gasteiger partial charge in [-0.1, -0.05) is 18.5 Å². The SMILES string of the molecule is COC(C)(C)CC(C)Cc1nc2cc(Cl)c(N3CCNCC3)cc2[nH]1.Cl.Cl. The fourth-order valence-electron chi connectivity index (χ4n) is 3.64. The molecule has 1 aromatic carbocycles. The number of hydrogen-bond donors (Lipinski definition) is 2. The summed E-state index contributed by atoms with van der Waals surface area (Å²) >= 11 is 6.52. The molecule has 0 saturated carbocycles. The Morgan fingerprint density at radius 2 is 1.93 bits per heavy atom. The molecule has 1 aromatic heterocycles. The van der Waals surface area contributed by atoms with Crippen LogP contribution in [0.1, 0.15) is 33.0 Å². The van der Waals surface area contributed by atoms with Gasteiger partial charge >= 0.3 is 0 Å². The molecule has 0 bridgehead atoms. The monoisotopic (exact) mass is 436 g/mol. The van der Waals surface area contributed by atoms with E-state index in [1.165, 1.54) is 0 Å². The zero-order chi connectivity index (χ0) is 18.0. The van der Waals surface area contributed by atoms with Gasteiger partial charge in [0.15, 0.2) is 0 Å². The Morgan fingerprint density at radius 1 is 1.26 bits per heavy atom. The van der Waals surface area contributed by atoms with Crippen LogP contribution in [0, 0.1) is 5.92 Å². The van der Waals surface area contributed by atoms with Crippen molar-refractivity contribution in [2.45, 2.75) is 39.2 Å². The number of imidazole rings is 1. The number of anilines is 1. The van der Waals surface area contributed by atoms with Crippen LogP contribution in [-0.4, -0.2) is 48.9 Å².